The van der Waals surface area contributed by atoms with Gasteiger partial charge in [-0.1, -0.05) is 11.6 Å². The van der Waals surface area contributed by atoms with E-state index >= 15 is 0 Å². The van der Waals surface area contributed by atoms with Crippen LogP contribution in [0.2, 0.25) is 5.02 Å². The molecule has 1 aromatic carbocycles. The number of carbonyl (C=O) groups excluding carboxylic acids is 2. The number of esters is 1. The first-order chi connectivity index (χ1) is 9.93. The smallest absolute Gasteiger partial charge is 0.345 e. The Hall–Kier alpha value is -1.95. The number of hydrogen-bond donors (Lipinski definition) is 0. The van der Waals surface area contributed by atoms with Gasteiger partial charge in [0, 0.05) is 0 Å². The lowest BCUT2D eigenvalue weighted by Crippen LogP contribution is -2.18. The topological polar surface area (TPSA) is 52.6 Å². The van der Waals surface area contributed by atoms with Gasteiger partial charge in [-0.2, -0.15) is 0 Å². The van der Waals surface area contributed by atoms with Crippen molar-refractivity contribution in [2.75, 3.05) is 13.2 Å². The van der Waals surface area contributed by atoms with Gasteiger partial charge in [0.25, 0.3) is 0 Å². The van der Waals surface area contributed by atoms with Crippen molar-refractivity contribution >= 4 is 23.4 Å². The molecule has 0 atom stereocenters. The van der Waals surface area contributed by atoms with Crippen LogP contribution in [0.15, 0.2) is 24.0 Å². The molecule has 1 rings (SSSR count). The molecular formula is C14H13ClF2O4. The number of rotatable bonds is 6. The minimum Gasteiger partial charge on any atom is -0.500 e. The average Bonchev–Trinajstić information content (AvgIpc) is 2.45. The van der Waals surface area contributed by atoms with Crippen LogP contribution in [-0.4, -0.2) is 25.0 Å². The zero-order chi connectivity index (χ0) is 16.0. The second kappa shape index (κ2) is 7.73. The minimum atomic E-state index is -1.24. The van der Waals surface area contributed by atoms with Crippen LogP contribution < -0.4 is 0 Å². The molecule has 0 aliphatic rings. The zero-order valence-electron chi connectivity index (χ0n) is 11.4. The Labute approximate surface area is 125 Å². The third kappa shape index (κ3) is 4.01. The summed E-state index contributed by atoms with van der Waals surface area (Å²) in [5.41, 5.74) is -1.04. The summed E-state index contributed by atoms with van der Waals surface area (Å²) in [4.78, 5) is 23.9. The predicted octanol–water partition coefficient (Wildman–Crippen LogP) is 3.28. The summed E-state index contributed by atoms with van der Waals surface area (Å²) < 4.78 is 36.5. The molecule has 0 saturated heterocycles. The maximum atomic E-state index is 13.8. The first-order valence-corrected chi connectivity index (χ1v) is 6.48. The van der Waals surface area contributed by atoms with E-state index in [2.05, 4.69) is 0 Å². The highest BCUT2D eigenvalue weighted by atomic mass is 35.5. The summed E-state index contributed by atoms with van der Waals surface area (Å²) in [6.45, 7) is 3.42. The predicted molar refractivity (Wildman–Crippen MR) is 72.0 cm³/mol. The SMILES string of the molecule is CCOC=C(C(=O)OCC)C(=O)c1ccc(F)c(Cl)c1F. The van der Waals surface area contributed by atoms with Gasteiger partial charge >= 0.3 is 5.97 Å². The Morgan fingerprint density at radius 2 is 1.90 bits per heavy atom. The first kappa shape index (κ1) is 17.1. The maximum Gasteiger partial charge on any atom is 0.345 e. The molecule has 0 aromatic heterocycles. The van der Waals surface area contributed by atoms with Crippen molar-refractivity contribution in [2.24, 2.45) is 0 Å². The van der Waals surface area contributed by atoms with E-state index in [0.717, 1.165) is 18.4 Å². The number of hydrogen-bond acceptors (Lipinski definition) is 4. The Morgan fingerprint density at radius 1 is 1.24 bits per heavy atom. The average molecular weight is 319 g/mol. The highest BCUT2D eigenvalue weighted by molar-refractivity contribution is 6.32. The number of Topliss-reactive ketones (excluding diaryl/α,β-unsaturated/α-hetero) is 1. The van der Waals surface area contributed by atoms with Crippen LogP contribution in [0.4, 0.5) is 8.78 Å². The molecular weight excluding hydrogens is 306 g/mol. The standard InChI is InChI=1S/C14H13ClF2O4/c1-3-20-7-9(14(19)21-4-2)13(18)8-5-6-10(16)11(15)12(8)17/h5-7H,3-4H2,1-2H3. The van der Waals surface area contributed by atoms with Crippen molar-refractivity contribution < 1.29 is 27.8 Å². The Morgan fingerprint density at radius 3 is 2.48 bits per heavy atom. The fourth-order valence-electron chi connectivity index (χ4n) is 1.42. The molecule has 0 amide bonds. The number of ether oxygens (including phenoxy) is 2. The molecule has 0 fully saturated rings. The molecule has 21 heavy (non-hydrogen) atoms. The van der Waals surface area contributed by atoms with E-state index in [4.69, 9.17) is 21.1 Å². The molecule has 0 N–H and O–H groups in total. The number of ketones is 1. The maximum absolute atomic E-state index is 13.8. The highest BCUT2D eigenvalue weighted by Crippen LogP contribution is 2.24. The summed E-state index contributed by atoms with van der Waals surface area (Å²) in [7, 11) is 0. The zero-order valence-corrected chi connectivity index (χ0v) is 12.2. The first-order valence-electron chi connectivity index (χ1n) is 6.11. The molecule has 0 radical (unpaired) electrons. The molecule has 0 saturated carbocycles. The number of carbonyl (C=O) groups is 2. The second-order valence-electron chi connectivity index (χ2n) is 3.76. The van der Waals surface area contributed by atoms with E-state index < -0.39 is 39.5 Å². The lowest BCUT2D eigenvalue weighted by Gasteiger charge is -2.08. The van der Waals surface area contributed by atoms with Crippen molar-refractivity contribution in [3.8, 4) is 0 Å². The van der Waals surface area contributed by atoms with Gasteiger partial charge in [-0.25, -0.2) is 13.6 Å². The quantitative estimate of drug-likeness (QED) is 0.154. The van der Waals surface area contributed by atoms with Crippen molar-refractivity contribution in [3.63, 3.8) is 0 Å². The molecule has 7 heteroatoms. The van der Waals surface area contributed by atoms with Gasteiger partial charge in [-0.3, -0.25) is 4.79 Å². The van der Waals surface area contributed by atoms with Gasteiger partial charge in [0.1, 0.15) is 22.7 Å². The van der Waals surface area contributed by atoms with Crippen molar-refractivity contribution in [1.29, 1.82) is 0 Å². The Kier molecular flexibility index (Phi) is 6.30. The van der Waals surface area contributed by atoms with Gasteiger partial charge in [-0.05, 0) is 26.0 Å². The molecule has 114 valence electrons. The molecule has 0 spiro atoms. The fraction of sp³-hybridized carbons (Fsp3) is 0.286. The van der Waals surface area contributed by atoms with Gasteiger partial charge < -0.3 is 9.47 Å². The van der Waals surface area contributed by atoms with Gasteiger partial charge in [0.15, 0.2) is 5.82 Å². The van der Waals surface area contributed by atoms with Gasteiger partial charge in [0.05, 0.1) is 18.8 Å². The van der Waals surface area contributed by atoms with Crippen LogP contribution in [0.25, 0.3) is 0 Å². The van der Waals surface area contributed by atoms with E-state index in [-0.39, 0.29) is 13.2 Å². The van der Waals surface area contributed by atoms with Gasteiger partial charge in [0.2, 0.25) is 5.78 Å². The third-order valence-electron chi connectivity index (χ3n) is 2.39. The number of benzene rings is 1. The van der Waals surface area contributed by atoms with E-state index in [1.807, 2.05) is 0 Å². The molecule has 0 unspecified atom stereocenters. The second-order valence-corrected chi connectivity index (χ2v) is 4.14. The highest BCUT2D eigenvalue weighted by Gasteiger charge is 2.26. The molecule has 1 aromatic rings. The molecule has 4 nitrogen and oxygen atoms in total. The molecule has 0 bridgehead atoms. The van der Waals surface area contributed by atoms with Crippen LogP contribution in [0.3, 0.4) is 0 Å². The van der Waals surface area contributed by atoms with E-state index in [0.29, 0.717) is 0 Å². The van der Waals surface area contributed by atoms with Crippen LogP contribution in [0, 0.1) is 11.6 Å². The van der Waals surface area contributed by atoms with Crippen molar-refractivity contribution in [2.45, 2.75) is 13.8 Å². The lowest BCUT2D eigenvalue weighted by atomic mass is 10.0. The minimum absolute atomic E-state index is 0.0300. The van der Waals surface area contributed by atoms with Crippen LogP contribution >= 0.6 is 11.6 Å². The fourth-order valence-corrected chi connectivity index (χ4v) is 1.58. The Balaban J connectivity index is 3.23. The summed E-state index contributed by atoms with van der Waals surface area (Å²) in [6.07, 6.45) is 0.886. The monoisotopic (exact) mass is 318 g/mol. The summed E-state index contributed by atoms with van der Waals surface area (Å²) in [5.74, 6) is -4.21. The summed E-state index contributed by atoms with van der Waals surface area (Å²) >= 11 is 5.41. The molecule has 0 heterocycles. The lowest BCUT2D eigenvalue weighted by molar-refractivity contribution is -0.138. The van der Waals surface area contributed by atoms with E-state index in [9.17, 15) is 18.4 Å². The Bertz CT molecular complexity index is 585. The third-order valence-corrected chi connectivity index (χ3v) is 2.73. The van der Waals surface area contributed by atoms with Crippen LogP contribution in [0.5, 0.6) is 0 Å². The van der Waals surface area contributed by atoms with Crippen LogP contribution in [-0.2, 0) is 14.3 Å². The van der Waals surface area contributed by atoms with Crippen molar-refractivity contribution in [3.05, 3.63) is 46.2 Å². The summed E-state index contributed by atoms with van der Waals surface area (Å²) in [6, 6.07) is 1.74. The largest absolute Gasteiger partial charge is 0.500 e. The van der Waals surface area contributed by atoms with Crippen molar-refractivity contribution in [1.82, 2.24) is 0 Å². The van der Waals surface area contributed by atoms with Crippen LogP contribution in [0.1, 0.15) is 24.2 Å². The van der Waals surface area contributed by atoms with Gasteiger partial charge in [-0.15, -0.1) is 0 Å². The van der Waals surface area contributed by atoms with E-state index in [1.54, 1.807) is 13.8 Å². The molecule has 0 aliphatic carbocycles. The molecule has 0 aliphatic heterocycles. The normalized spacial score (nSPS) is 11.2. The summed E-state index contributed by atoms with van der Waals surface area (Å²) in [5, 5.41) is -0.819. The van der Waals surface area contributed by atoms with E-state index in [1.165, 1.54) is 0 Å². The number of halogens is 3.